The van der Waals surface area contributed by atoms with Crippen LogP contribution in [-0.2, 0) is 9.53 Å². The van der Waals surface area contributed by atoms with E-state index in [0.717, 1.165) is 0 Å². The van der Waals surface area contributed by atoms with E-state index >= 15 is 0 Å². The van der Waals surface area contributed by atoms with E-state index in [1.165, 1.54) is 0 Å². The molecule has 0 saturated heterocycles. The number of ether oxygens (including phenoxy) is 2. The minimum Gasteiger partial charge on any atom is -0.493 e. The average Bonchev–Trinajstić information content (AvgIpc) is 2.38. The first-order chi connectivity index (χ1) is 9.54. The Hall–Kier alpha value is -1.79. The smallest absolute Gasteiger partial charge is 0.329 e. The maximum absolute atomic E-state index is 11.9. The first kappa shape index (κ1) is 16.3. The highest BCUT2D eigenvalue weighted by Crippen LogP contribution is 2.23. The Morgan fingerprint density at radius 3 is 2.80 bits per heavy atom. The summed E-state index contributed by atoms with van der Waals surface area (Å²) in [5, 5.41) is 11.5. The monoisotopic (exact) mass is 301 g/mol. The second kappa shape index (κ2) is 8.39. The summed E-state index contributed by atoms with van der Waals surface area (Å²) < 4.78 is 10.2. The van der Waals surface area contributed by atoms with Crippen LogP contribution in [0.5, 0.6) is 5.75 Å². The van der Waals surface area contributed by atoms with Crippen molar-refractivity contribution < 1.29 is 24.2 Å². The fourth-order valence-electron chi connectivity index (χ4n) is 1.45. The molecule has 0 saturated carbocycles. The number of nitrogens with one attached hydrogen (secondary N) is 1. The van der Waals surface area contributed by atoms with E-state index in [1.54, 1.807) is 18.2 Å². The molecule has 1 rings (SSSR count). The molecular formula is C13H16ClNO5. The molecule has 7 heteroatoms. The molecule has 0 unspecified atom stereocenters. The molecule has 0 fully saturated rings. The number of carboxylic acid groups (broad SMARTS) is 1. The van der Waals surface area contributed by atoms with Crippen LogP contribution in [0.1, 0.15) is 17.3 Å². The van der Waals surface area contributed by atoms with Crippen LogP contribution in [0.3, 0.4) is 0 Å². The van der Waals surface area contributed by atoms with E-state index in [0.29, 0.717) is 22.9 Å². The van der Waals surface area contributed by atoms with Crippen molar-refractivity contribution in [3.05, 3.63) is 28.8 Å². The van der Waals surface area contributed by atoms with Crippen LogP contribution in [0, 0.1) is 0 Å². The van der Waals surface area contributed by atoms with Crippen molar-refractivity contribution in [2.75, 3.05) is 26.4 Å². The normalized spacial score (nSPS) is 10.1. The summed E-state index contributed by atoms with van der Waals surface area (Å²) in [5.74, 6) is -0.972. The third-order valence-electron chi connectivity index (χ3n) is 2.25. The van der Waals surface area contributed by atoms with E-state index in [4.69, 9.17) is 26.2 Å². The highest BCUT2D eigenvalue weighted by Gasteiger charge is 2.12. The summed E-state index contributed by atoms with van der Waals surface area (Å²) in [4.78, 5) is 22.2. The van der Waals surface area contributed by atoms with Crippen LogP contribution < -0.4 is 10.1 Å². The van der Waals surface area contributed by atoms with Gasteiger partial charge in [-0.3, -0.25) is 4.79 Å². The van der Waals surface area contributed by atoms with Gasteiger partial charge in [0.15, 0.2) is 0 Å². The van der Waals surface area contributed by atoms with Gasteiger partial charge in [0, 0.05) is 11.6 Å². The molecule has 0 radical (unpaired) electrons. The Labute approximate surface area is 121 Å². The van der Waals surface area contributed by atoms with Crippen molar-refractivity contribution in [3.8, 4) is 5.75 Å². The lowest BCUT2D eigenvalue weighted by Crippen LogP contribution is -2.28. The van der Waals surface area contributed by atoms with Gasteiger partial charge in [0.1, 0.15) is 12.4 Å². The molecule has 0 aliphatic rings. The minimum absolute atomic E-state index is 0.121. The van der Waals surface area contributed by atoms with Crippen LogP contribution in [0.2, 0.25) is 5.02 Å². The summed E-state index contributed by atoms with van der Waals surface area (Å²) in [7, 11) is 0. The molecule has 0 atom stereocenters. The van der Waals surface area contributed by atoms with E-state index < -0.39 is 5.97 Å². The number of aliphatic carboxylic acids is 1. The SMILES string of the molecule is CCOc1cc(Cl)ccc1C(=O)NCCOCC(=O)O. The number of hydrogen-bond donors (Lipinski definition) is 2. The second-order valence-corrected chi connectivity index (χ2v) is 4.21. The molecule has 20 heavy (non-hydrogen) atoms. The topological polar surface area (TPSA) is 84.9 Å². The number of carbonyl (C=O) groups excluding carboxylic acids is 1. The highest BCUT2D eigenvalue weighted by atomic mass is 35.5. The van der Waals surface area contributed by atoms with Gasteiger partial charge in [0.2, 0.25) is 0 Å². The van der Waals surface area contributed by atoms with Crippen LogP contribution in [0.15, 0.2) is 18.2 Å². The van der Waals surface area contributed by atoms with Crippen molar-refractivity contribution in [2.24, 2.45) is 0 Å². The maximum atomic E-state index is 11.9. The van der Waals surface area contributed by atoms with Crippen LogP contribution in [0.25, 0.3) is 0 Å². The Kier molecular flexibility index (Phi) is 6.83. The van der Waals surface area contributed by atoms with Gasteiger partial charge in [-0.15, -0.1) is 0 Å². The lowest BCUT2D eigenvalue weighted by molar-refractivity contribution is -0.142. The van der Waals surface area contributed by atoms with Crippen LogP contribution >= 0.6 is 11.6 Å². The fourth-order valence-corrected chi connectivity index (χ4v) is 1.61. The van der Waals surface area contributed by atoms with Crippen molar-refractivity contribution in [3.63, 3.8) is 0 Å². The third kappa shape index (κ3) is 5.46. The quantitative estimate of drug-likeness (QED) is 0.712. The molecule has 0 aromatic heterocycles. The number of halogens is 1. The van der Waals surface area contributed by atoms with Crippen LogP contribution in [-0.4, -0.2) is 43.3 Å². The summed E-state index contributed by atoms with van der Waals surface area (Å²) in [6, 6.07) is 4.74. The molecule has 0 bridgehead atoms. The molecule has 1 amide bonds. The molecule has 110 valence electrons. The molecular weight excluding hydrogens is 286 g/mol. The molecule has 0 aliphatic heterocycles. The van der Waals surface area contributed by atoms with Crippen molar-refractivity contribution in [2.45, 2.75) is 6.92 Å². The summed E-state index contributed by atoms with van der Waals surface area (Å²) in [5.41, 5.74) is 0.370. The Morgan fingerprint density at radius 1 is 1.40 bits per heavy atom. The fraction of sp³-hybridized carbons (Fsp3) is 0.385. The zero-order valence-corrected chi connectivity index (χ0v) is 11.8. The van der Waals surface area contributed by atoms with Crippen molar-refractivity contribution >= 4 is 23.5 Å². The van der Waals surface area contributed by atoms with Crippen molar-refractivity contribution in [1.82, 2.24) is 5.32 Å². The van der Waals surface area contributed by atoms with Gasteiger partial charge in [-0.05, 0) is 25.1 Å². The molecule has 6 nitrogen and oxygen atoms in total. The first-order valence-electron chi connectivity index (χ1n) is 6.04. The number of benzene rings is 1. The molecule has 0 heterocycles. The largest absolute Gasteiger partial charge is 0.493 e. The minimum atomic E-state index is -1.05. The third-order valence-corrected chi connectivity index (χ3v) is 2.48. The maximum Gasteiger partial charge on any atom is 0.329 e. The molecule has 2 N–H and O–H groups in total. The average molecular weight is 302 g/mol. The van der Waals surface area contributed by atoms with E-state index in [9.17, 15) is 9.59 Å². The molecule has 1 aromatic rings. The standard InChI is InChI=1S/C13H16ClNO5/c1-2-20-11-7-9(14)3-4-10(11)13(18)15-5-6-19-8-12(16)17/h3-4,7H,2,5-6,8H2,1H3,(H,15,18)(H,16,17). The summed E-state index contributed by atoms with van der Waals surface area (Å²) in [6.07, 6.45) is 0. The molecule has 0 aliphatic carbocycles. The molecule has 0 spiro atoms. The van der Waals surface area contributed by atoms with Gasteiger partial charge in [-0.1, -0.05) is 11.6 Å². The zero-order chi connectivity index (χ0) is 15.0. The Bertz CT molecular complexity index is 478. The zero-order valence-electron chi connectivity index (χ0n) is 11.0. The number of rotatable bonds is 8. The second-order valence-electron chi connectivity index (χ2n) is 3.78. The van der Waals surface area contributed by atoms with Gasteiger partial charge >= 0.3 is 5.97 Å². The number of carboxylic acids is 1. The predicted molar refractivity (Wildman–Crippen MR) is 73.4 cm³/mol. The van der Waals surface area contributed by atoms with Crippen LogP contribution in [0.4, 0.5) is 0 Å². The van der Waals surface area contributed by atoms with E-state index in [1.807, 2.05) is 6.92 Å². The lowest BCUT2D eigenvalue weighted by Gasteiger charge is -2.11. The first-order valence-corrected chi connectivity index (χ1v) is 6.42. The number of amides is 1. The summed E-state index contributed by atoms with van der Waals surface area (Å²) >= 11 is 5.85. The van der Waals surface area contributed by atoms with E-state index in [2.05, 4.69) is 5.32 Å². The van der Waals surface area contributed by atoms with Gasteiger partial charge in [0.05, 0.1) is 18.8 Å². The predicted octanol–water partition coefficient (Wildman–Crippen LogP) is 1.57. The van der Waals surface area contributed by atoms with Gasteiger partial charge < -0.3 is 19.9 Å². The Balaban J connectivity index is 2.52. The van der Waals surface area contributed by atoms with Gasteiger partial charge in [0.25, 0.3) is 5.91 Å². The van der Waals surface area contributed by atoms with E-state index in [-0.39, 0.29) is 25.7 Å². The van der Waals surface area contributed by atoms with Gasteiger partial charge in [-0.25, -0.2) is 4.79 Å². The lowest BCUT2D eigenvalue weighted by atomic mass is 10.2. The van der Waals surface area contributed by atoms with Gasteiger partial charge in [-0.2, -0.15) is 0 Å². The van der Waals surface area contributed by atoms with Crippen molar-refractivity contribution in [1.29, 1.82) is 0 Å². The highest BCUT2D eigenvalue weighted by molar-refractivity contribution is 6.30. The number of carbonyl (C=O) groups is 2. The number of hydrogen-bond acceptors (Lipinski definition) is 4. The Morgan fingerprint density at radius 2 is 2.15 bits per heavy atom. The summed E-state index contributed by atoms with van der Waals surface area (Å²) in [6.45, 7) is 2.17. The molecule has 1 aromatic carbocycles.